The normalized spacial score (nSPS) is 19.9. The lowest BCUT2D eigenvalue weighted by Crippen LogP contribution is -2.48. The van der Waals surface area contributed by atoms with Gasteiger partial charge in [0.25, 0.3) is 17.7 Å². The van der Waals surface area contributed by atoms with Crippen LogP contribution in [0, 0.1) is 5.92 Å². The first-order valence-electron chi connectivity index (χ1n) is 11.7. The standard InChI is InChI=1S/C24H32N2O7S/c1-4-5-11-25(17-10-12-34(31,32)15-17)21(27)14-33-24(30)20(13-16(2)3)26-22(28)18-8-6-7-9-19(18)23(26)29/h6-9,16-17,20H,4-5,10-15H2,1-3H3. The fourth-order valence-corrected chi connectivity index (χ4v) is 6.15. The van der Waals surface area contributed by atoms with Crippen molar-refractivity contribution in [3.05, 3.63) is 35.4 Å². The van der Waals surface area contributed by atoms with Crippen molar-refractivity contribution in [3.8, 4) is 0 Å². The average molecular weight is 493 g/mol. The monoisotopic (exact) mass is 492 g/mol. The molecule has 1 fully saturated rings. The molecule has 2 aliphatic heterocycles. The maximum atomic E-state index is 13.0. The molecule has 0 aliphatic carbocycles. The number of unbranched alkanes of at least 4 members (excludes halogenated alkanes) is 1. The molecule has 3 rings (SSSR count). The van der Waals surface area contributed by atoms with E-state index in [2.05, 4.69) is 0 Å². The van der Waals surface area contributed by atoms with Crippen LogP contribution >= 0.6 is 0 Å². The van der Waals surface area contributed by atoms with Gasteiger partial charge in [-0.3, -0.25) is 19.3 Å². The molecular formula is C24H32N2O7S. The van der Waals surface area contributed by atoms with E-state index in [0.717, 1.165) is 11.3 Å². The quantitative estimate of drug-likeness (QED) is 0.362. The molecule has 0 aromatic heterocycles. The van der Waals surface area contributed by atoms with Gasteiger partial charge in [-0.25, -0.2) is 13.2 Å². The summed E-state index contributed by atoms with van der Waals surface area (Å²) < 4.78 is 29.1. The lowest BCUT2D eigenvalue weighted by atomic mass is 10.0. The Hall–Kier alpha value is -2.75. The zero-order chi connectivity index (χ0) is 25.0. The summed E-state index contributed by atoms with van der Waals surface area (Å²) in [7, 11) is -3.19. The van der Waals surface area contributed by atoms with E-state index in [0.29, 0.717) is 19.4 Å². The number of carbonyl (C=O) groups excluding carboxylic acids is 4. The Bertz CT molecular complexity index is 1030. The molecular weight excluding hydrogens is 460 g/mol. The van der Waals surface area contributed by atoms with Gasteiger partial charge in [-0.15, -0.1) is 0 Å². The van der Waals surface area contributed by atoms with Crippen molar-refractivity contribution in [2.24, 2.45) is 5.92 Å². The van der Waals surface area contributed by atoms with Gasteiger partial charge < -0.3 is 9.64 Å². The van der Waals surface area contributed by atoms with Crippen molar-refractivity contribution < 1.29 is 32.3 Å². The largest absolute Gasteiger partial charge is 0.454 e. The second-order valence-corrected chi connectivity index (χ2v) is 11.5. The number of amides is 3. The number of ether oxygens (including phenoxy) is 1. The predicted molar refractivity (Wildman–Crippen MR) is 125 cm³/mol. The zero-order valence-electron chi connectivity index (χ0n) is 19.9. The minimum absolute atomic E-state index is 0.0256. The Labute approximate surface area is 200 Å². The van der Waals surface area contributed by atoms with Gasteiger partial charge in [-0.1, -0.05) is 39.3 Å². The molecule has 0 spiro atoms. The summed E-state index contributed by atoms with van der Waals surface area (Å²) in [6.45, 7) is 5.48. The first-order valence-corrected chi connectivity index (χ1v) is 13.5. The van der Waals surface area contributed by atoms with Gasteiger partial charge in [0.15, 0.2) is 16.4 Å². The number of hydrogen-bond donors (Lipinski definition) is 0. The van der Waals surface area contributed by atoms with Crippen LogP contribution in [0.1, 0.15) is 67.2 Å². The number of nitrogens with zero attached hydrogens (tertiary/aromatic N) is 2. The third-order valence-electron chi connectivity index (χ3n) is 6.16. The van der Waals surface area contributed by atoms with Crippen LogP contribution < -0.4 is 0 Å². The molecule has 2 unspecified atom stereocenters. The third kappa shape index (κ3) is 5.65. The van der Waals surface area contributed by atoms with Crippen molar-refractivity contribution in [2.75, 3.05) is 24.7 Å². The summed E-state index contributed by atoms with van der Waals surface area (Å²) in [5, 5.41) is 0. The van der Waals surface area contributed by atoms with Crippen molar-refractivity contribution in [3.63, 3.8) is 0 Å². The molecule has 0 radical (unpaired) electrons. The molecule has 3 amide bonds. The predicted octanol–water partition coefficient (Wildman–Crippen LogP) is 2.06. The lowest BCUT2D eigenvalue weighted by molar-refractivity contribution is -0.156. The van der Waals surface area contributed by atoms with Crippen molar-refractivity contribution in [2.45, 2.75) is 58.5 Å². The van der Waals surface area contributed by atoms with E-state index in [1.54, 1.807) is 12.1 Å². The molecule has 1 aromatic carbocycles. The van der Waals surface area contributed by atoms with Crippen LogP contribution in [0.2, 0.25) is 0 Å². The van der Waals surface area contributed by atoms with Gasteiger partial charge in [0.05, 0.1) is 22.6 Å². The minimum Gasteiger partial charge on any atom is -0.454 e. The Morgan fingerprint density at radius 1 is 1.15 bits per heavy atom. The van der Waals surface area contributed by atoms with Crippen molar-refractivity contribution in [1.29, 1.82) is 0 Å². The SMILES string of the molecule is CCCCN(C(=O)COC(=O)C(CC(C)C)N1C(=O)c2ccccc2C1=O)C1CCS(=O)(=O)C1. The first-order chi connectivity index (χ1) is 16.1. The van der Waals surface area contributed by atoms with Gasteiger partial charge in [0.2, 0.25) is 0 Å². The maximum Gasteiger partial charge on any atom is 0.329 e. The van der Waals surface area contributed by atoms with Gasteiger partial charge in [-0.2, -0.15) is 0 Å². The fraction of sp³-hybridized carbons (Fsp3) is 0.583. The second-order valence-electron chi connectivity index (χ2n) is 9.28. The van der Waals surface area contributed by atoms with E-state index in [1.807, 2.05) is 20.8 Å². The Morgan fingerprint density at radius 2 is 1.76 bits per heavy atom. The zero-order valence-corrected chi connectivity index (χ0v) is 20.7. The van der Waals surface area contributed by atoms with E-state index in [-0.39, 0.29) is 35.0 Å². The van der Waals surface area contributed by atoms with Crippen LogP contribution in [0.4, 0.5) is 0 Å². The molecule has 2 atom stereocenters. The molecule has 34 heavy (non-hydrogen) atoms. The molecule has 0 N–H and O–H groups in total. The number of benzene rings is 1. The number of hydrogen-bond acceptors (Lipinski definition) is 7. The summed E-state index contributed by atoms with van der Waals surface area (Å²) in [6, 6.07) is 4.78. The molecule has 2 heterocycles. The number of carbonyl (C=O) groups is 4. The second kappa shape index (κ2) is 10.7. The first kappa shape index (κ1) is 25.9. The summed E-state index contributed by atoms with van der Waals surface area (Å²) in [5.41, 5.74) is 0.469. The number of rotatable bonds is 10. The summed E-state index contributed by atoms with van der Waals surface area (Å²) in [4.78, 5) is 54.2. The van der Waals surface area contributed by atoms with E-state index < -0.39 is 52.2 Å². The number of sulfone groups is 1. The van der Waals surface area contributed by atoms with Gasteiger partial charge >= 0.3 is 5.97 Å². The Kier molecular flexibility index (Phi) is 8.12. The molecule has 1 saturated heterocycles. The van der Waals surface area contributed by atoms with Crippen molar-refractivity contribution in [1.82, 2.24) is 9.80 Å². The topological polar surface area (TPSA) is 118 Å². The van der Waals surface area contributed by atoms with E-state index >= 15 is 0 Å². The molecule has 0 bridgehead atoms. The van der Waals surface area contributed by atoms with Crippen LogP contribution in [-0.4, -0.2) is 78.6 Å². The van der Waals surface area contributed by atoms with Crippen LogP contribution in [0.5, 0.6) is 0 Å². The maximum absolute atomic E-state index is 13.0. The minimum atomic E-state index is -3.19. The molecule has 9 nitrogen and oxygen atoms in total. The van der Waals surface area contributed by atoms with Gasteiger partial charge in [0.1, 0.15) is 6.04 Å². The molecule has 10 heteroatoms. The van der Waals surface area contributed by atoms with Crippen LogP contribution in [0.3, 0.4) is 0 Å². The third-order valence-corrected chi connectivity index (χ3v) is 7.91. The highest BCUT2D eigenvalue weighted by atomic mass is 32.2. The molecule has 0 saturated carbocycles. The van der Waals surface area contributed by atoms with E-state index in [9.17, 15) is 27.6 Å². The molecule has 1 aromatic rings. The lowest BCUT2D eigenvalue weighted by Gasteiger charge is -2.29. The highest BCUT2D eigenvalue weighted by Crippen LogP contribution is 2.27. The highest BCUT2D eigenvalue weighted by molar-refractivity contribution is 7.91. The molecule has 186 valence electrons. The summed E-state index contributed by atoms with van der Waals surface area (Å²) in [5.74, 6) is -2.52. The van der Waals surface area contributed by atoms with Crippen LogP contribution in [-0.2, 0) is 24.2 Å². The Morgan fingerprint density at radius 3 is 2.26 bits per heavy atom. The fourth-order valence-electron chi connectivity index (χ4n) is 4.42. The average Bonchev–Trinajstić information content (AvgIpc) is 3.27. The summed E-state index contributed by atoms with van der Waals surface area (Å²) >= 11 is 0. The van der Waals surface area contributed by atoms with Crippen LogP contribution in [0.15, 0.2) is 24.3 Å². The van der Waals surface area contributed by atoms with Crippen LogP contribution in [0.25, 0.3) is 0 Å². The molecule has 2 aliphatic rings. The summed E-state index contributed by atoms with van der Waals surface area (Å²) in [6.07, 6.45) is 2.07. The highest BCUT2D eigenvalue weighted by Gasteiger charge is 2.44. The van der Waals surface area contributed by atoms with Crippen molar-refractivity contribution >= 4 is 33.5 Å². The Balaban J connectivity index is 1.72. The number of imide groups is 1. The van der Waals surface area contributed by atoms with E-state index in [4.69, 9.17) is 4.74 Å². The number of fused-ring (bicyclic) bond motifs is 1. The number of esters is 1. The van der Waals surface area contributed by atoms with Gasteiger partial charge in [-0.05, 0) is 37.3 Å². The smallest absolute Gasteiger partial charge is 0.329 e. The van der Waals surface area contributed by atoms with E-state index in [1.165, 1.54) is 17.0 Å². The van der Waals surface area contributed by atoms with Gasteiger partial charge in [0, 0.05) is 12.6 Å².